The number of alkyl halides is 1. The Morgan fingerprint density at radius 1 is 1.56 bits per heavy atom. The van der Waals surface area contributed by atoms with Crippen LogP contribution in [0.5, 0.6) is 0 Å². The monoisotopic (exact) mass is 228 g/mol. The SMILES string of the molecule is Nc1cc(CC(F)[N+](=O)[O-])cc(C(=O)O)c1. The first-order chi connectivity index (χ1) is 7.40. The minimum atomic E-state index is -2.26. The predicted octanol–water partition coefficient (Wildman–Crippen LogP) is 1.08. The Hall–Kier alpha value is -2.18. The normalized spacial score (nSPS) is 12.1. The van der Waals surface area contributed by atoms with Crippen LogP contribution in [0.3, 0.4) is 0 Å². The third kappa shape index (κ3) is 2.91. The van der Waals surface area contributed by atoms with Gasteiger partial charge in [-0.25, -0.2) is 4.79 Å². The molecule has 1 atom stereocenters. The molecular weight excluding hydrogens is 219 g/mol. The lowest BCUT2D eigenvalue weighted by molar-refractivity contribution is -0.552. The summed E-state index contributed by atoms with van der Waals surface area (Å²) in [6.45, 7) is 0. The molecule has 1 rings (SSSR count). The summed E-state index contributed by atoms with van der Waals surface area (Å²) in [5.74, 6) is -1.22. The highest BCUT2D eigenvalue weighted by molar-refractivity contribution is 5.89. The fourth-order valence-corrected chi connectivity index (χ4v) is 1.23. The zero-order chi connectivity index (χ0) is 12.3. The average molecular weight is 228 g/mol. The first-order valence-corrected chi connectivity index (χ1v) is 4.30. The maximum absolute atomic E-state index is 12.8. The molecule has 0 spiro atoms. The largest absolute Gasteiger partial charge is 0.478 e. The number of carboxylic acid groups (broad SMARTS) is 1. The van der Waals surface area contributed by atoms with Gasteiger partial charge in [-0.3, -0.25) is 10.1 Å². The second-order valence-electron chi connectivity index (χ2n) is 3.19. The molecule has 0 saturated carbocycles. The molecule has 0 aliphatic carbocycles. The Balaban J connectivity index is 2.97. The fraction of sp³-hybridized carbons (Fsp3) is 0.222. The molecule has 7 heteroatoms. The van der Waals surface area contributed by atoms with Crippen LogP contribution in [0.1, 0.15) is 15.9 Å². The lowest BCUT2D eigenvalue weighted by atomic mass is 10.1. The number of nitrogens with zero attached hydrogens (tertiary/aromatic N) is 1. The summed E-state index contributed by atoms with van der Waals surface area (Å²) < 4.78 is 12.8. The van der Waals surface area contributed by atoms with Gasteiger partial charge in [-0.1, -0.05) is 0 Å². The van der Waals surface area contributed by atoms with Crippen molar-refractivity contribution in [1.82, 2.24) is 0 Å². The van der Waals surface area contributed by atoms with Crippen molar-refractivity contribution in [3.8, 4) is 0 Å². The van der Waals surface area contributed by atoms with Gasteiger partial charge >= 0.3 is 12.3 Å². The van der Waals surface area contributed by atoms with Crippen LogP contribution in [0.25, 0.3) is 0 Å². The van der Waals surface area contributed by atoms with Crippen LogP contribution in [0.4, 0.5) is 10.1 Å². The van der Waals surface area contributed by atoms with Gasteiger partial charge in [0.1, 0.15) is 0 Å². The molecule has 86 valence electrons. The maximum atomic E-state index is 12.8. The van der Waals surface area contributed by atoms with Gasteiger partial charge in [-0.2, -0.15) is 4.39 Å². The quantitative estimate of drug-likeness (QED) is 0.347. The molecule has 0 saturated heterocycles. The van der Waals surface area contributed by atoms with Crippen LogP contribution < -0.4 is 5.73 Å². The number of rotatable bonds is 4. The number of carbonyl (C=O) groups is 1. The maximum Gasteiger partial charge on any atom is 0.353 e. The molecule has 1 aromatic carbocycles. The van der Waals surface area contributed by atoms with Gasteiger partial charge in [-0.15, -0.1) is 0 Å². The van der Waals surface area contributed by atoms with Gasteiger partial charge in [0.05, 0.1) is 16.9 Å². The molecule has 0 fully saturated rings. The van der Waals surface area contributed by atoms with Crippen molar-refractivity contribution < 1.29 is 19.2 Å². The van der Waals surface area contributed by atoms with E-state index in [1.54, 1.807) is 0 Å². The molecule has 0 aliphatic rings. The van der Waals surface area contributed by atoms with Crippen molar-refractivity contribution in [2.24, 2.45) is 0 Å². The highest BCUT2D eigenvalue weighted by atomic mass is 19.1. The second kappa shape index (κ2) is 4.56. The Labute approximate surface area is 89.6 Å². The van der Waals surface area contributed by atoms with Crippen LogP contribution in [0, 0.1) is 10.1 Å². The first-order valence-electron chi connectivity index (χ1n) is 4.30. The van der Waals surface area contributed by atoms with Gasteiger partial charge in [0.25, 0.3) is 0 Å². The number of nitro groups is 1. The molecule has 3 N–H and O–H groups in total. The van der Waals surface area contributed by atoms with E-state index in [0.717, 1.165) is 6.07 Å². The fourth-order valence-electron chi connectivity index (χ4n) is 1.23. The van der Waals surface area contributed by atoms with Crippen molar-refractivity contribution >= 4 is 11.7 Å². The summed E-state index contributed by atoms with van der Waals surface area (Å²) in [6.07, 6.45) is -2.76. The Bertz CT molecular complexity index is 436. The van der Waals surface area contributed by atoms with Crippen molar-refractivity contribution in [2.75, 3.05) is 5.73 Å². The number of benzene rings is 1. The zero-order valence-electron chi connectivity index (χ0n) is 8.09. The Morgan fingerprint density at radius 2 is 2.19 bits per heavy atom. The smallest absolute Gasteiger partial charge is 0.353 e. The highest BCUT2D eigenvalue weighted by Crippen LogP contribution is 2.15. The minimum Gasteiger partial charge on any atom is -0.478 e. The van der Waals surface area contributed by atoms with Gasteiger partial charge in [0.2, 0.25) is 0 Å². The number of hydrogen-bond acceptors (Lipinski definition) is 4. The van der Waals surface area contributed by atoms with Gasteiger partial charge in [0.15, 0.2) is 0 Å². The number of carboxylic acids is 1. The van der Waals surface area contributed by atoms with E-state index in [-0.39, 0.29) is 16.8 Å². The van der Waals surface area contributed by atoms with Crippen molar-refractivity contribution in [3.05, 3.63) is 39.4 Å². The standard InChI is InChI=1S/C9H9FN2O4/c10-8(12(15)16)3-5-1-6(9(13)14)4-7(11)2-5/h1-2,4,8H,3,11H2,(H,13,14). The summed E-state index contributed by atoms with van der Waals surface area (Å²) in [5.41, 5.74) is 5.59. The van der Waals surface area contributed by atoms with E-state index in [2.05, 4.69) is 0 Å². The highest BCUT2D eigenvalue weighted by Gasteiger charge is 2.19. The summed E-state index contributed by atoms with van der Waals surface area (Å²) in [7, 11) is 0. The molecule has 0 aromatic heterocycles. The molecule has 0 amide bonds. The van der Waals surface area contributed by atoms with Gasteiger partial charge in [-0.05, 0) is 23.8 Å². The molecular formula is C9H9FN2O4. The summed E-state index contributed by atoms with van der Waals surface area (Å²) in [6, 6.07) is 3.67. The number of halogens is 1. The lowest BCUT2D eigenvalue weighted by Gasteiger charge is -2.04. The van der Waals surface area contributed by atoms with Crippen LogP contribution in [-0.2, 0) is 6.42 Å². The minimum absolute atomic E-state index is 0.120. The van der Waals surface area contributed by atoms with E-state index >= 15 is 0 Å². The number of anilines is 1. The molecule has 0 radical (unpaired) electrons. The molecule has 0 bridgehead atoms. The van der Waals surface area contributed by atoms with Gasteiger partial charge < -0.3 is 10.8 Å². The third-order valence-electron chi connectivity index (χ3n) is 1.89. The molecule has 1 aromatic rings. The van der Waals surface area contributed by atoms with Crippen molar-refractivity contribution in [2.45, 2.75) is 12.7 Å². The van der Waals surface area contributed by atoms with Crippen LogP contribution >= 0.6 is 0 Å². The van der Waals surface area contributed by atoms with Crippen molar-refractivity contribution in [3.63, 3.8) is 0 Å². The Kier molecular flexibility index (Phi) is 3.39. The molecule has 0 heterocycles. The van der Waals surface area contributed by atoms with E-state index in [0.29, 0.717) is 0 Å². The predicted molar refractivity (Wildman–Crippen MR) is 53.4 cm³/mol. The summed E-state index contributed by atoms with van der Waals surface area (Å²) >= 11 is 0. The summed E-state index contributed by atoms with van der Waals surface area (Å²) in [5, 5.41) is 18.8. The topological polar surface area (TPSA) is 106 Å². The Morgan fingerprint density at radius 3 is 2.69 bits per heavy atom. The summed E-state index contributed by atoms with van der Waals surface area (Å²) in [4.78, 5) is 19.7. The molecule has 16 heavy (non-hydrogen) atoms. The zero-order valence-corrected chi connectivity index (χ0v) is 8.09. The van der Waals surface area contributed by atoms with E-state index < -0.39 is 23.6 Å². The molecule has 6 nitrogen and oxygen atoms in total. The van der Waals surface area contributed by atoms with E-state index in [4.69, 9.17) is 10.8 Å². The number of nitrogen functional groups attached to an aromatic ring is 1. The van der Waals surface area contributed by atoms with E-state index in [1.807, 2.05) is 0 Å². The second-order valence-corrected chi connectivity index (χ2v) is 3.19. The van der Waals surface area contributed by atoms with Crippen molar-refractivity contribution in [1.29, 1.82) is 0 Å². The van der Waals surface area contributed by atoms with E-state index in [9.17, 15) is 19.3 Å². The average Bonchev–Trinajstić information content (AvgIpc) is 2.16. The van der Waals surface area contributed by atoms with Crippen LogP contribution in [-0.4, -0.2) is 22.3 Å². The molecule has 1 unspecified atom stereocenters. The molecule has 0 aliphatic heterocycles. The third-order valence-corrected chi connectivity index (χ3v) is 1.89. The van der Waals surface area contributed by atoms with Crippen LogP contribution in [0.2, 0.25) is 0 Å². The van der Waals surface area contributed by atoms with E-state index in [1.165, 1.54) is 12.1 Å². The van der Waals surface area contributed by atoms with Crippen LogP contribution in [0.15, 0.2) is 18.2 Å². The lowest BCUT2D eigenvalue weighted by Crippen LogP contribution is -2.16. The first kappa shape index (κ1) is 11.9. The van der Waals surface area contributed by atoms with Gasteiger partial charge in [0, 0.05) is 5.69 Å². The number of hydrogen-bond donors (Lipinski definition) is 2. The number of nitrogens with two attached hydrogens (primary N) is 1. The number of aromatic carboxylic acids is 1.